The number of hydrogen-bond acceptors (Lipinski definition) is 8. The number of likely N-dealkylation sites (tertiary alicyclic amines) is 1. The van der Waals surface area contributed by atoms with Gasteiger partial charge in [-0.25, -0.2) is 0 Å². The minimum atomic E-state index is -0.250. The molecule has 10 heteroatoms. The fourth-order valence-electron chi connectivity index (χ4n) is 3.26. The van der Waals surface area contributed by atoms with E-state index in [1.807, 2.05) is 6.07 Å². The van der Waals surface area contributed by atoms with Gasteiger partial charge in [-0.05, 0) is 26.3 Å². The number of nitrogens with one attached hydrogen (secondary N) is 2. The zero-order chi connectivity index (χ0) is 19.8. The van der Waals surface area contributed by atoms with Gasteiger partial charge in [0, 0.05) is 37.4 Å². The molecule has 2 saturated heterocycles. The van der Waals surface area contributed by atoms with Crippen molar-refractivity contribution in [3.63, 3.8) is 0 Å². The summed E-state index contributed by atoms with van der Waals surface area (Å²) in [6.45, 7) is 3.42. The first-order chi connectivity index (χ1) is 13.7. The largest absolute Gasteiger partial charge is 0.483 e. The predicted octanol–water partition coefficient (Wildman–Crippen LogP) is 1.62. The molecule has 28 heavy (non-hydrogen) atoms. The lowest BCUT2D eigenvalue weighted by Gasteiger charge is -2.28. The highest BCUT2D eigenvalue weighted by Gasteiger charge is 2.21. The maximum absolute atomic E-state index is 8.36. The second-order valence-corrected chi connectivity index (χ2v) is 6.86. The Hall–Kier alpha value is -2.72. The Morgan fingerprint density at radius 2 is 2.11 bits per heavy atom. The Morgan fingerprint density at radius 1 is 1.32 bits per heavy atom. The van der Waals surface area contributed by atoms with Crippen molar-refractivity contribution in [1.82, 2.24) is 25.1 Å². The van der Waals surface area contributed by atoms with Gasteiger partial charge >= 0.3 is 0 Å². The van der Waals surface area contributed by atoms with Crippen LogP contribution in [-0.4, -0.2) is 76.1 Å². The highest BCUT2D eigenvalue weighted by molar-refractivity contribution is 5.51. The molecule has 0 unspecified atom stereocenters. The van der Waals surface area contributed by atoms with Crippen LogP contribution in [0.3, 0.4) is 0 Å². The van der Waals surface area contributed by atoms with E-state index in [4.69, 9.17) is 19.4 Å². The molecule has 2 aromatic heterocycles. The Balaban J connectivity index is 0.000000706. The second kappa shape index (κ2) is 10.00. The molecule has 10 nitrogen and oxygen atoms in total. The number of nitrogens with zero attached hydrogens (tertiary/aromatic N) is 4. The van der Waals surface area contributed by atoms with Gasteiger partial charge in [0.1, 0.15) is 6.10 Å². The van der Waals surface area contributed by atoms with Crippen LogP contribution in [0, 0.1) is 0 Å². The normalized spacial score (nSPS) is 20.2. The molecule has 0 aliphatic carbocycles. The van der Waals surface area contributed by atoms with Crippen molar-refractivity contribution in [3.8, 4) is 5.88 Å². The van der Waals surface area contributed by atoms with Crippen LogP contribution in [0.15, 0.2) is 18.5 Å². The Morgan fingerprint density at radius 3 is 2.82 bits per heavy atom. The summed E-state index contributed by atoms with van der Waals surface area (Å²) in [6, 6.07) is 2.01. The van der Waals surface area contributed by atoms with E-state index in [2.05, 4.69) is 37.4 Å². The van der Waals surface area contributed by atoms with Gasteiger partial charge in [-0.1, -0.05) is 0 Å². The molecule has 3 N–H and O–H groups in total. The van der Waals surface area contributed by atoms with Gasteiger partial charge in [-0.2, -0.15) is 10.1 Å². The quantitative estimate of drug-likeness (QED) is 0.653. The van der Waals surface area contributed by atoms with Crippen molar-refractivity contribution < 1.29 is 19.4 Å². The number of H-pyrrole nitrogens is 1. The monoisotopic (exact) mass is 390 g/mol. The third kappa shape index (κ3) is 5.64. The van der Waals surface area contributed by atoms with Gasteiger partial charge in [-0.15, -0.1) is 0 Å². The zero-order valence-electron chi connectivity index (χ0n) is 15.9. The fourth-order valence-corrected chi connectivity index (χ4v) is 3.26. The van der Waals surface area contributed by atoms with Crippen molar-refractivity contribution in [1.29, 1.82) is 0 Å². The number of aromatic amines is 1. The molecule has 152 valence electrons. The SMILES string of the molecule is CN1CCC(Oc2cncc(Nc3cc([C@@H]4CCOC4)[nH]n3)n2)CC1.O=CO. The van der Waals surface area contributed by atoms with Crippen molar-refractivity contribution in [3.05, 3.63) is 24.2 Å². The van der Waals surface area contributed by atoms with E-state index in [1.54, 1.807) is 12.4 Å². The molecule has 1 atom stereocenters. The summed E-state index contributed by atoms with van der Waals surface area (Å²) in [4.78, 5) is 19.4. The Labute approximate surface area is 163 Å². The van der Waals surface area contributed by atoms with Gasteiger partial charge in [0.15, 0.2) is 11.6 Å². The molecule has 2 aliphatic heterocycles. The van der Waals surface area contributed by atoms with Crippen molar-refractivity contribution >= 4 is 18.1 Å². The van der Waals surface area contributed by atoms with Crippen LogP contribution in [0.1, 0.15) is 30.9 Å². The summed E-state index contributed by atoms with van der Waals surface area (Å²) in [5.74, 6) is 2.31. The summed E-state index contributed by atoms with van der Waals surface area (Å²) in [6.07, 6.45) is 6.61. The number of ether oxygens (including phenoxy) is 2. The van der Waals surface area contributed by atoms with Crippen LogP contribution < -0.4 is 10.1 Å². The number of hydrogen-bond donors (Lipinski definition) is 3. The summed E-state index contributed by atoms with van der Waals surface area (Å²) in [5, 5.41) is 17.5. The Kier molecular flexibility index (Phi) is 7.15. The predicted molar refractivity (Wildman–Crippen MR) is 102 cm³/mol. The third-order valence-electron chi connectivity index (χ3n) is 4.79. The van der Waals surface area contributed by atoms with Gasteiger partial charge < -0.3 is 24.8 Å². The average Bonchev–Trinajstić information content (AvgIpc) is 3.36. The summed E-state index contributed by atoms with van der Waals surface area (Å²) in [5.41, 5.74) is 1.09. The third-order valence-corrected chi connectivity index (χ3v) is 4.79. The second-order valence-electron chi connectivity index (χ2n) is 6.86. The standard InChI is InChI=1S/C17H24N6O2.CH2O2/c1-23-5-2-13(3-6-23)25-17-10-18-9-16(20-17)19-15-8-14(21-22-15)12-4-7-24-11-12;2-1-3/h8-10,12-13H,2-7,11H2,1H3,(H2,19,20,21,22);1H,(H,2,3)/t12-;/m1./s1. The van der Waals surface area contributed by atoms with E-state index >= 15 is 0 Å². The lowest BCUT2D eigenvalue weighted by molar-refractivity contribution is -0.122. The van der Waals surface area contributed by atoms with E-state index in [0.717, 1.165) is 57.1 Å². The molecular formula is C18H26N6O4. The molecular weight excluding hydrogens is 364 g/mol. The lowest BCUT2D eigenvalue weighted by atomic mass is 10.1. The number of carbonyl (C=O) groups is 1. The van der Waals surface area contributed by atoms with Crippen LogP contribution in [0.5, 0.6) is 5.88 Å². The average molecular weight is 390 g/mol. The van der Waals surface area contributed by atoms with E-state index < -0.39 is 0 Å². The van der Waals surface area contributed by atoms with Gasteiger partial charge in [0.05, 0.1) is 19.0 Å². The van der Waals surface area contributed by atoms with Crippen molar-refractivity contribution in [2.45, 2.75) is 31.3 Å². The molecule has 0 amide bonds. The summed E-state index contributed by atoms with van der Waals surface area (Å²) >= 11 is 0. The van der Waals surface area contributed by atoms with E-state index in [1.165, 1.54) is 0 Å². The Bertz CT molecular complexity index is 741. The minimum Gasteiger partial charge on any atom is -0.483 e. The molecule has 0 aromatic carbocycles. The van der Waals surface area contributed by atoms with E-state index in [-0.39, 0.29) is 12.6 Å². The van der Waals surface area contributed by atoms with Gasteiger partial charge in [0.25, 0.3) is 6.47 Å². The smallest absolute Gasteiger partial charge is 0.290 e. The molecule has 0 radical (unpaired) electrons. The number of piperidine rings is 1. The van der Waals surface area contributed by atoms with Crippen molar-refractivity contribution in [2.24, 2.45) is 0 Å². The van der Waals surface area contributed by atoms with Crippen LogP contribution in [-0.2, 0) is 9.53 Å². The molecule has 0 spiro atoms. The highest BCUT2D eigenvalue weighted by atomic mass is 16.5. The minimum absolute atomic E-state index is 0.208. The zero-order valence-corrected chi connectivity index (χ0v) is 15.9. The lowest BCUT2D eigenvalue weighted by Crippen LogP contribution is -2.35. The summed E-state index contributed by atoms with van der Waals surface area (Å²) in [7, 11) is 2.14. The molecule has 4 rings (SSSR count). The molecule has 2 aromatic rings. The maximum Gasteiger partial charge on any atom is 0.290 e. The molecule has 0 bridgehead atoms. The first-order valence-corrected chi connectivity index (χ1v) is 9.33. The topological polar surface area (TPSA) is 125 Å². The van der Waals surface area contributed by atoms with Crippen LogP contribution in [0.2, 0.25) is 0 Å². The molecule has 2 aliphatic rings. The van der Waals surface area contributed by atoms with Crippen LogP contribution in [0.4, 0.5) is 11.6 Å². The first-order valence-electron chi connectivity index (χ1n) is 9.33. The number of anilines is 2. The number of carboxylic acid groups (broad SMARTS) is 1. The first kappa shape index (κ1) is 20.0. The van der Waals surface area contributed by atoms with E-state index in [9.17, 15) is 0 Å². The molecule has 0 saturated carbocycles. The number of rotatable bonds is 5. The van der Waals surface area contributed by atoms with Gasteiger partial charge in [-0.3, -0.25) is 14.9 Å². The van der Waals surface area contributed by atoms with Crippen LogP contribution in [0.25, 0.3) is 0 Å². The fraction of sp³-hybridized carbons (Fsp3) is 0.556. The molecule has 4 heterocycles. The maximum atomic E-state index is 8.36. The molecule has 2 fully saturated rings. The highest BCUT2D eigenvalue weighted by Crippen LogP contribution is 2.26. The van der Waals surface area contributed by atoms with Gasteiger partial charge in [0.2, 0.25) is 5.88 Å². The van der Waals surface area contributed by atoms with Crippen molar-refractivity contribution in [2.75, 3.05) is 38.7 Å². The summed E-state index contributed by atoms with van der Waals surface area (Å²) < 4.78 is 11.4. The number of aromatic nitrogens is 4. The van der Waals surface area contributed by atoms with E-state index in [0.29, 0.717) is 17.6 Å². The van der Waals surface area contributed by atoms with Crippen LogP contribution >= 0.6 is 0 Å².